The molecule has 1 N–H and O–H groups in total. The van der Waals surface area contributed by atoms with Gasteiger partial charge in [-0.25, -0.2) is 0 Å². The first-order valence-electron chi connectivity index (χ1n) is 6.53. The number of halogens is 2. The summed E-state index contributed by atoms with van der Waals surface area (Å²) >= 11 is 11.7. The maximum Gasteiger partial charge on any atom is 0.323 e. The first-order chi connectivity index (χ1) is 9.95. The highest BCUT2D eigenvalue weighted by molar-refractivity contribution is 6.35. The smallest absolute Gasteiger partial charge is 0.323 e. The number of carbonyl (C=O) groups is 2. The van der Waals surface area contributed by atoms with Crippen molar-refractivity contribution in [1.29, 1.82) is 0 Å². The molecule has 0 atom stereocenters. The summed E-state index contributed by atoms with van der Waals surface area (Å²) in [6.07, 6.45) is 2.07. The molecule has 1 aromatic rings. The zero-order chi connectivity index (χ0) is 15.4. The SMILES string of the molecule is O=C(O)CN(CC1CC1)C(=O)COc1ccc(Cl)cc1Cl. The maximum absolute atomic E-state index is 12.1. The predicted octanol–water partition coefficient (Wildman–Crippen LogP) is 2.70. The quantitative estimate of drug-likeness (QED) is 0.834. The van der Waals surface area contributed by atoms with Gasteiger partial charge < -0.3 is 14.7 Å². The normalized spacial score (nSPS) is 13.8. The number of carboxylic acid groups (broad SMARTS) is 1. The first-order valence-corrected chi connectivity index (χ1v) is 7.28. The van der Waals surface area contributed by atoms with Crippen LogP contribution in [0.3, 0.4) is 0 Å². The van der Waals surface area contributed by atoms with E-state index in [-0.39, 0.29) is 19.1 Å². The predicted molar refractivity (Wildman–Crippen MR) is 78.9 cm³/mol. The van der Waals surface area contributed by atoms with E-state index in [9.17, 15) is 9.59 Å². The molecule has 1 fully saturated rings. The van der Waals surface area contributed by atoms with Crippen molar-refractivity contribution in [3.63, 3.8) is 0 Å². The number of aliphatic carboxylic acids is 1. The van der Waals surface area contributed by atoms with Gasteiger partial charge in [-0.2, -0.15) is 0 Å². The lowest BCUT2D eigenvalue weighted by molar-refractivity contribution is -0.145. The monoisotopic (exact) mass is 331 g/mol. The summed E-state index contributed by atoms with van der Waals surface area (Å²) in [5.74, 6) is -0.646. The summed E-state index contributed by atoms with van der Waals surface area (Å²) in [7, 11) is 0. The molecule has 0 radical (unpaired) electrons. The average Bonchev–Trinajstić information content (AvgIpc) is 3.20. The number of carboxylic acids is 1. The first kappa shape index (κ1) is 15.9. The Kier molecular flexibility index (Phi) is 5.31. The minimum atomic E-state index is -1.03. The van der Waals surface area contributed by atoms with Crippen molar-refractivity contribution in [2.24, 2.45) is 5.92 Å². The van der Waals surface area contributed by atoms with Crippen LogP contribution in [0.25, 0.3) is 0 Å². The second kappa shape index (κ2) is 7.00. The average molecular weight is 332 g/mol. The molecule has 0 bridgehead atoms. The summed E-state index contributed by atoms with van der Waals surface area (Å²) in [6.45, 7) is -0.1000. The summed E-state index contributed by atoms with van der Waals surface area (Å²) in [6, 6.07) is 4.69. The van der Waals surface area contributed by atoms with Crippen LogP contribution in [0.2, 0.25) is 10.0 Å². The van der Waals surface area contributed by atoms with Crippen LogP contribution in [0.4, 0.5) is 0 Å². The number of ether oxygens (including phenoxy) is 1. The topological polar surface area (TPSA) is 66.8 Å². The molecule has 1 aliphatic rings. The van der Waals surface area contributed by atoms with E-state index in [1.165, 1.54) is 11.0 Å². The molecule has 21 heavy (non-hydrogen) atoms. The molecule has 0 unspecified atom stereocenters. The largest absolute Gasteiger partial charge is 0.482 e. The third-order valence-corrected chi connectivity index (χ3v) is 3.63. The Morgan fingerprint density at radius 1 is 1.33 bits per heavy atom. The van der Waals surface area contributed by atoms with Crippen LogP contribution in [0.1, 0.15) is 12.8 Å². The fourth-order valence-electron chi connectivity index (χ4n) is 1.85. The van der Waals surface area contributed by atoms with Crippen LogP contribution in [0, 0.1) is 5.92 Å². The van der Waals surface area contributed by atoms with Crippen LogP contribution < -0.4 is 4.74 Å². The van der Waals surface area contributed by atoms with E-state index < -0.39 is 5.97 Å². The lowest BCUT2D eigenvalue weighted by Gasteiger charge is -2.20. The molecule has 0 aromatic heterocycles. The molecule has 5 nitrogen and oxygen atoms in total. The molecule has 0 saturated heterocycles. The lowest BCUT2D eigenvalue weighted by atomic mass is 10.3. The number of rotatable bonds is 7. The number of amides is 1. The maximum atomic E-state index is 12.1. The second-order valence-electron chi connectivity index (χ2n) is 4.97. The molecule has 2 rings (SSSR count). The van der Waals surface area contributed by atoms with Crippen molar-refractivity contribution in [2.45, 2.75) is 12.8 Å². The third kappa shape index (κ3) is 5.10. The van der Waals surface area contributed by atoms with E-state index in [0.29, 0.717) is 28.3 Å². The second-order valence-corrected chi connectivity index (χ2v) is 5.82. The van der Waals surface area contributed by atoms with Gasteiger partial charge in [-0.05, 0) is 37.0 Å². The molecule has 114 valence electrons. The highest BCUT2D eigenvalue weighted by Gasteiger charge is 2.28. The summed E-state index contributed by atoms with van der Waals surface area (Å²) in [4.78, 5) is 24.2. The van der Waals surface area contributed by atoms with E-state index in [1.807, 2.05) is 0 Å². The van der Waals surface area contributed by atoms with Crippen molar-refractivity contribution in [1.82, 2.24) is 4.90 Å². The van der Waals surface area contributed by atoms with Gasteiger partial charge >= 0.3 is 5.97 Å². The molecule has 0 spiro atoms. The molecular formula is C14H15Cl2NO4. The van der Waals surface area contributed by atoms with Crippen LogP contribution in [-0.2, 0) is 9.59 Å². The number of hydrogen-bond acceptors (Lipinski definition) is 3. The zero-order valence-corrected chi connectivity index (χ0v) is 12.7. The minimum Gasteiger partial charge on any atom is -0.482 e. The van der Waals surface area contributed by atoms with Crippen molar-refractivity contribution < 1.29 is 19.4 Å². The number of nitrogens with zero attached hydrogens (tertiary/aromatic N) is 1. The van der Waals surface area contributed by atoms with Gasteiger partial charge in [0.05, 0.1) is 5.02 Å². The van der Waals surface area contributed by atoms with E-state index in [2.05, 4.69) is 0 Å². The standard InChI is InChI=1S/C14H15Cl2NO4/c15-10-3-4-12(11(16)5-10)21-8-13(18)17(7-14(19)20)6-9-1-2-9/h3-5,9H,1-2,6-8H2,(H,19,20). The van der Waals surface area contributed by atoms with Crippen LogP contribution in [0.15, 0.2) is 18.2 Å². The number of hydrogen-bond donors (Lipinski definition) is 1. The molecule has 1 saturated carbocycles. The van der Waals surface area contributed by atoms with Gasteiger partial charge in [0.15, 0.2) is 6.61 Å². The van der Waals surface area contributed by atoms with E-state index in [1.54, 1.807) is 12.1 Å². The number of benzene rings is 1. The Morgan fingerprint density at radius 2 is 2.05 bits per heavy atom. The Hall–Kier alpha value is -1.46. The zero-order valence-electron chi connectivity index (χ0n) is 11.2. The van der Waals surface area contributed by atoms with Crippen molar-refractivity contribution in [3.05, 3.63) is 28.2 Å². The van der Waals surface area contributed by atoms with Gasteiger partial charge in [0.1, 0.15) is 12.3 Å². The summed E-state index contributed by atoms with van der Waals surface area (Å²) < 4.78 is 5.34. The van der Waals surface area contributed by atoms with Crippen molar-refractivity contribution in [2.75, 3.05) is 19.7 Å². The molecule has 0 aliphatic heterocycles. The highest BCUT2D eigenvalue weighted by Crippen LogP contribution is 2.30. The van der Waals surface area contributed by atoms with Crippen molar-refractivity contribution in [3.8, 4) is 5.75 Å². The van der Waals surface area contributed by atoms with Gasteiger partial charge in [0.25, 0.3) is 5.91 Å². The van der Waals surface area contributed by atoms with Gasteiger partial charge in [-0.3, -0.25) is 9.59 Å². The molecule has 1 aliphatic carbocycles. The van der Waals surface area contributed by atoms with E-state index in [0.717, 1.165) is 12.8 Å². The third-order valence-electron chi connectivity index (χ3n) is 3.10. The van der Waals surface area contributed by atoms with Crippen LogP contribution >= 0.6 is 23.2 Å². The van der Waals surface area contributed by atoms with Crippen LogP contribution in [-0.4, -0.2) is 41.6 Å². The Bertz CT molecular complexity index is 546. The number of carbonyl (C=O) groups excluding carboxylic acids is 1. The molecule has 1 amide bonds. The van der Waals surface area contributed by atoms with Gasteiger partial charge in [-0.15, -0.1) is 0 Å². The van der Waals surface area contributed by atoms with Gasteiger partial charge in [0.2, 0.25) is 0 Å². The molecule has 0 heterocycles. The lowest BCUT2D eigenvalue weighted by Crippen LogP contribution is -2.40. The van der Waals surface area contributed by atoms with Gasteiger partial charge in [-0.1, -0.05) is 23.2 Å². The molecule has 1 aromatic carbocycles. The molecule has 7 heteroatoms. The summed E-state index contributed by atoms with van der Waals surface area (Å²) in [5, 5.41) is 9.64. The van der Waals surface area contributed by atoms with Gasteiger partial charge in [0, 0.05) is 11.6 Å². The Balaban J connectivity index is 1.92. The van der Waals surface area contributed by atoms with E-state index in [4.69, 9.17) is 33.0 Å². The van der Waals surface area contributed by atoms with Crippen molar-refractivity contribution >= 4 is 35.1 Å². The fourth-order valence-corrected chi connectivity index (χ4v) is 2.32. The van der Waals surface area contributed by atoms with Crippen LogP contribution in [0.5, 0.6) is 5.75 Å². The van der Waals surface area contributed by atoms with E-state index >= 15 is 0 Å². The fraction of sp³-hybridized carbons (Fsp3) is 0.429. The Labute approximate surface area is 132 Å². The Morgan fingerprint density at radius 3 is 2.62 bits per heavy atom. The summed E-state index contributed by atoms with van der Waals surface area (Å²) in [5.41, 5.74) is 0. The molecular weight excluding hydrogens is 317 g/mol. The highest BCUT2D eigenvalue weighted by atomic mass is 35.5. The minimum absolute atomic E-state index is 0.249.